The third-order valence-corrected chi connectivity index (χ3v) is 5.99. The molecule has 0 aliphatic carbocycles. The molecule has 1 saturated heterocycles. The number of likely N-dealkylation sites (N-methyl/N-ethyl adjacent to an activating group) is 1. The summed E-state index contributed by atoms with van der Waals surface area (Å²) in [5.74, 6) is 0.375. The Morgan fingerprint density at radius 2 is 1.91 bits per heavy atom. The van der Waals surface area contributed by atoms with Crippen LogP contribution in [0.25, 0.3) is 11.3 Å². The van der Waals surface area contributed by atoms with E-state index in [4.69, 9.17) is 4.42 Å². The fraction of sp³-hybridized carbons (Fsp3) is 0.381. The van der Waals surface area contributed by atoms with Crippen molar-refractivity contribution in [2.45, 2.75) is 12.5 Å². The molecular formula is C21H27N5O6+2. The second-order valence-corrected chi connectivity index (χ2v) is 9.01. The minimum atomic E-state index is -0.758. The van der Waals surface area contributed by atoms with Gasteiger partial charge in [-0.3, -0.25) is 14.9 Å². The summed E-state index contributed by atoms with van der Waals surface area (Å²) >= 11 is 0. The van der Waals surface area contributed by atoms with Gasteiger partial charge in [-0.2, -0.15) is 0 Å². The zero-order valence-corrected chi connectivity index (χ0v) is 18.4. The van der Waals surface area contributed by atoms with Crippen molar-refractivity contribution < 1.29 is 33.1 Å². The van der Waals surface area contributed by atoms with Gasteiger partial charge in [0.05, 0.1) is 26.1 Å². The Morgan fingerprint density at radius 1 is 1.25 bits per heavy atom. The van der Waals surface area contributed by atoms with Crippen LogP contribution in [-0.4, -0.2) is 83.6 Å². The van der Waals surface area contributed by atoms with Gasteiger partial charge in [0, 0.05) is 17.7 Å². The second kappa shape index (κ2) is 8.26. The number of benzene rings is 1. The molecule has 0 bridgehead atoms. The van der Waals surface area contributed by atoms with E-state index >= 15 is 0 Å². The van der Waals surface area contributed by atoms with Gasteiger partial charge in [0.2, 0.25) is 0 Å². The number of carbonyl (C=O) groups is 2. The van der Waals surface area contributed by atoms with E-state index in [2.05, 4.69) is 10.4 Å². The molecule has 2 aromatic rings. The first kappa shape index (κ1) is 23.3. The Bertz CT molecular complexity index is 1070. The van der Waals surface area contributed by atoms with Crippen molar-refractivity contribution in [3.63, 3.8) is 0 Å². The first-order valence-corrected chi connectivity index (χ1v) is 9.93. The summed E-state index contributed by atoms with van der Waals surface area (Å²) in [6.07, 6.45) is 1.38. The first-order valence-electron chi connectivity index (χ1n) is 9.93. The monoisotopic (exact) mass is 445 g/mol. The van der Waals surface area contributed by atoms with E-state index in [0.29, 0.717) is 21.6 Å². The topological polar surface area (TPSA) is 135 Å². The van der Waals surface area contributed by atoms with Crippen LogP contribution in [0, 0.1) is 10.1 Å². The number of hydrogen-bond donors (Lipinski definition) is 2. The molecule has 0 saturated carbocycles. The normalized spacial score (nSPS) is 21.0. The van der Waals surface area contributed by atoms with Crippen LogP contribution in [0.3, 0.4) is 0 Å². The Balaban J connectivity index is 1.90. The Labute approximate surface area is 184 Å². The van der Waals surface area contributed by atoms with E-state index in [1.54, 1.807) is 24.3 Å². The van der Waals surface area contributed by atoms with Crippen molar-refractivity contribution in [1.29, 1.82) is 0 Å². The van der Waals surface area contributed by atoms with Crippen LogP contribution in [-0.2, 0) is 4.79 Å². The van der Waals surface area contributed by atoms with Crippen molar-refractivity contribution >= 4 is 23.8 Å². The number of nitro groups is 1. The Kier molecular flexibility index (Phi) is 6.00. The Morgan fingerprint density at radius 3 is 2.41 bits per heavy atom. The number of rotatable bonds is 8. The average molecular weight is 445 g/mol. The summed E-state index contributed by atoms with van der Waals surface area (Å²) in [5, 5.41) is 27.6. The first-order chi connectivity index (χ1) is 14.9. The zero-order chi connectivity index (χ0) is 23.7. The molecule has 11 heteroatoms. The lowest BCUT2D eigenvalue weighted by Gasteiger charge is -2.43. The molecule has 3 rings (SSSR count). The maximum absolute atomic E-state index is 12.7. The molecule has 0 spiro atoms. The number of quaternary nitrogens is 2. The molecule has 1 fully saturated rings. The largest absolute Gasteiger partial charge is 0.455 e. The molecule has 2 atom stereocenters. The third kappa shape index (κ3) is 4.44. The molecule has 0 radical (unpaired) electrons. The molecule has 1 aliphatic heterocycles. The molecule has 2 N–H and O–H groups in total. The molecule has 32 heavy (non-hydrogen) atoms. The van der Waals surface area contributed by atoms with E-state index in [0.717, 1.165) is 0 Å². The number of imide groups is 1. The number of aliphatic hydroxyl groups excluding tert-OH is 1. The summed E-state index contributed by atoms with van der Waals surface area (Å²) in [6, 6.07) is 8.68. The van der Waals surface area contributed by atoms with Gasteiger partial charge in [-0.1, -0.05) is 5.10 Å². The summed E-state index contributed by atoms with van der Waals surface area (Å²) < 4.78 is 5.57. The molecule has 11 nitrogen and oxygen atoms in total. The van der Waals surface area contributed by atoms with Gasteiger partial charge in [-0.25, -0.2) is 10.1 Å². The van der Waals surface area contributed by atoms with Crippen LogP contribution >= 0.6 is 0 Å². The lowest BCUT2D eigenvalue weighted by Crippen LogP contribution is -2.66. The van der Waals surface area contributed by atoms with E-state index in [-0.39, 0.29) is 25.4 Å². The number of hydrogen-bond acceptors (Lipinski definition) is 7. The SMILES string of the molecule is CC(CO)(C[N+]1(N=Cc2ccc(-c3ccc([N+](=O)[O-])cc3)o2)CC(=O)NC1=O)[N+](C)(C)C. The number of nitro benzene ring substituents is 1. The number of nitrogens with zero attached hydrogens (tertiary/aromatic N) is 4. The average Bonchev–Trinajstić information content (AvgIpc) is 3.30. The predicted octanol–water partition coefficient (Wildman–Crippen LogP) is 1.71. The van der Waals surface area contributed by atoms with Crippen LogP contribution in [0.15, 0.2) is 45.9 Å². The van der Waals surface area contributed by atoms with Gasteiger partial charge in [0.15, 0.2) is 24.4 Å². The van der Waals surface area contributed by atoms with Gasteiger partial charge < -0.3 is 14.0 Å². The highest BCUT2D eigenvalue weighted by Gasteiger charge is 2.55. The van der Waals surface area contributed by atoms with E-state index in [1.165, 1.54) is 18.3 Å². The number of aliphatic hydroxyl groups is 1. The van der Waals surface area contributed by atoms with Crippen molar-refractivity contribution in [2.24, 2.45) is 5.10 Å². The van der Waals surface area contributed by atoms with Gasteiger partial charge in [-0.15, -0.1) is 4.59 Å². The van der Waals surface area contributed by atoms with Crippen LogP contribution < -0.4 is 5.32 Å². The van der Waals surface area contributed by atoms with Gasteiger partial charge in [0.25, 0.3) is 11.6 Å². The zero-order valence-electron chi connectivity index (χ0n) is 18.4. The predicted molar refractivity (Wildman–Crippen MR) is 115 cm³/mol. The summed E-state index contributed by atoms with van der Waals surface area (Å²) in [7, 11) is 5.69. The summed E-state index contributed by atoms with van der Waals surface area (Å²) in [6.45, 7) is 1.54. The maximum atomic E-state index is 12.7. The van der Waals surface area contributed by atoms with E-state index in [9.17, 15) is 24.8 Å². The number of carbonyl (C=O) groups excluding carboxylic acids is 2. The second-order valence-electron chi connectivity index (χ2n) is 9.01. The third-order valence-electron chi connectivity index (χ3n) is 5.99. The van der Waals surface area contributed by atoms with Crippen LogP contribution in [0.4, 0.5) is 10.5 Å². The summed E-state index contributed by atoms with van der Waals surface area (Å²) in [5.41, 5.74) is -0.139. The van der Waals surface area contributed by atoms with Crippen molar-refractivity contribution in [1.82, 2.24) is 5.32 Å². The lowest BCUT2D eigenvalue weighted by molar-refractivity contribution is -0.960. The highest BCUT2D eigenvalue weighted by atomic mass is 16.6. The molecule has 3 amide bonds. The number of urea groups is 1. The van der Waals surface area contributed by atoms with Gasteiger partial charge in [0.1, 0.15) is 18.6 Å². The van der Waals surface area contributed by atoms with Crippen molar-refractivity contribution in [3.05, 3.63) is 52.3 Å². The molecule has 2 heterocycles. The fourth-order valence-corrected chi connectivity index (χ4v) is 3.36. The number of furan rings is 1. The lowest BCUT2D eigenvalue weighted by atomic mass is 9.98. The van der Waals surface area contributed by atoms with Crippen molar-refractivity contribution in [2.75, 3.05) is 40.8 Å². The van der Waals surface area contributed by atoms with Gasteiger partial charge in [-0.05, 0) is 31.2 Å². The highest BCUT2D eigenvalue weighted by Crippen LogP contribution is 2.28. The van der Waals surface area contributed by atoms with Crippen molar-refractivity contribution in [3.8, 4) is 11.3 Å². The van der Waals surface area contributed by atoms with Crippen LogP contribution in [0.5, 0.6) is 0 Å². The van der Waals surface area contributed by atoms with Gasteiger partial charge >= 0.3 is 6.03 Å². The molecule has 2 unspecified atom stereocenters. The Hall–Kier alpha value is -3.41. The molecule has 1 aromatic heterocycles. The standard InChI is InChI=1S/C21H26N5O6/c1-21(14-27,25(2,3)4)13-26(12-19(28)23-20(26)29)22-11-17-9-10-18(32-17)15-5-7-16(8-6-15)24(30)31/h5-11,27H,12-14H2,1-4H3/q+1/p+1. The van der Waals surface area contributed by atoms with E-state index in [1.807, 2.05) is 28.1 Å². The minimum absolute atomic E-state index is 0.0255. The molecule has 1 aromatic carbocycles. The number of amides is 3. The quantitative estimate of drug-likeness (QED) is 0.209. The summed E-state index contributed by atoms with van der Waals surface area (Å²) in [4.78, 5) is 35.1. The van der Waals surface area contributed by atoms with Crippen LogP contribution in [0.2, 0.25) is 0 Å². The smallest absolute Gasteiger partial charge is 0.450 e. The molecule has 1 aliphatic rings. The highest BCUT2D eigenvalue weighted by molar-refractivity contribution is 5.97. The van der Waals surface area contributed by atoms with Crippen LogP contribution in [0.1, 0.15) is 12.7 Å². The minimum Gasteiger partial charge on any atom is -0.455 e. The molecule has 170 valence electrons. The molecular weight excluding hydrogens is 418 g/mol. The fourth-order valence-electron chi connectivity index (χ4n) is 3.36. The number of nitrogens with one attached hydrogen (secondary N) is 1. The maximum Gasteiger partial charge on any atom is 0.450 e. The number of non-ortho nitro benzene ring substituents is 1. The van der Waals surface area contributed by atoms with E-state index < -0.39 is 27.0 Å².